The maximum atomic E-state index is 12.1. The van der Waals surface area contributed by atoms with Crippen molar-refractivity contribution >= 4 is 34.9 Å². The Morgan fingerprint density at radius 2 is 1.78 bits per heavy atom. The molecule has 2 N–H and O–H groups in total. The van der Waals surface area contributed by atoms with E-state index in [0.717, 1.165) is 17.9 Å². The molecule has 120 valence electrons. The molecule has 0 heterocycles. The van der Waals surface area contributed by atoms with Crippen LogP contribution < -0.4 is 10.6 Å². The lowest BCUT2D eigenvalue weighted by molar-refractivity contribution is 0.222. The summed E-state index contributed by atoms with van der Waals surface area (Å²) in [6.07, 6.45) is 3.33. The molecule has 5 heteroatoms. The molecule has 0 atom stereocenters. The van der Waals surface area contributed by atoms with Crippen molar-refractivity contribution in [2.45, 2.75) is 24.7 Å². The van der Waals surface area contributed by atoms with Crippen molar-refractivity contribution in [2.75, 3.05) is 11.9 Å². The fourth-order valence-corrected chi connectivity index (χ4v) is 3.28. The number of carbonyl (C=O) groups excluding carboxylic acids is 1. The number of nitrogens with one attached hydrogen (secondary N) is 2. The van der Waals surface area contributed by atoms with E-state index < -0.39 is 0 Å². The van der Waals surface area contributed by atoms with Crippen LogP contribution in [0.2, 0.25) is 10.0 Å². The van der Waals surface area contributed by atoms with E-state index in [1.54, 1.807) is 18.2 Å². The van der Waals surface area contributed by atoms with Crippen molar-refractivity contribution < 1.29 is 4.79 Å². The van der Waals surface area contributed by atoms with Gasteiger partial charge in [0.2, 0.25) is 0 Å². The highest BCUT2D eigenvalue weighted by Crippen LogP contribution is 2.43. The molecular formula is C18H18Cl2N2O. The first-order valence-corrected chi connectivity index (χ1v) is 8.39. The van der Waals surface area contributed by atoms with Gasteiger partial charge in [-0.1, -0.05) is 47.8 Å². The largest absolute Gasteiger partial charge is 0.337 e. The summed E-state index contributed by atoms with van der Waals surface area (Å²) in [6, 6.07) is 14.8. The molecule has 2 aromatic carbocycles. The van der Waals surface area contributed by atoms with Crippen LogP contribution in [0.1, 0.15) is 24.8 Å². The zero-order chi connectivity index (χ0) is 16.3. The number of amides is 2. The fourth-order valence-electron chi connectivity index (χ4n) is 2.97. The standard InChI is InChI=1S/C18H18Cl2N2O/c19-14-7-5-13(6-8-14)18(9-2-10-18)12-21-17(23)22-16-4-1-3-15(20)11-16/h1,3-8,11H,2,9-10,12H2,(H2,21,22,23). The summed E-state index contributed by atoms with van der Waals surface area (Å²) in [5.74, 6) is 0. The molecule has 1 aliphatic rings. The monoisotopic (exact) mass is 348 g/mol. The number of carbonyl (C=O) groups is 1. The Balaban J connectivity index is 1.62. The maximum Gasteiger partial charge on any atom is 0.319 e. The molecule has 2 aromatic rings. The minimum Gasteiger partial charge on any atom is -0.337 e. The van der Waals surface area contributed by atoms with Crippen molar-refractivity contribution in [2.24, 2.45) is 0 Å². The van der Waals surface area contributed by atoms with Gasteiger partial charge >= 0.3 is 6.03 Å². The number of rotatable bonds is 4. The summed E-state index contributed by atoms with van der Waals surface area (Å²) >= 11 is 11.9. The minimum atomic E-state index is -0.215. The number of halogens is 2. The Labute approximate surface area is 146 Å². The van der Waals surface area contributed by atoms with Gasteiger partial charge in [-0.15, -0.1) is 0 Å². The molecule has 2 amide bonds. The molecule has 0 aliphatic heterocycles. The van der Waals surface area contributed by atoms with Crippen LogP contribution in [-0.4, -0.2) is 12.6 Å². The molecule has 0 aromatic heterocycles. The van der Waals surface area contributed by atoms with Gasteiger partial charge < -0.3 is 10.6 Å². The Morgan fingerprint density at radius 3 is 2.39 bits per heavy atom. The quantitative estimate of drug-likeness (QED) is 0.779. The van der Waals surface area contributed by atoms with Crippen LogP contribution in [0.25, 0.3) is 0 Å². The molecule has 1 saturated carbocycles. The van der Waals surface area contributed by atoms with Crippen LogP contribution in [-0.2, 0) is 5.41 Å². The average molecular weight is 349 g/mol. The maximum absolute atomic E-state index is 12.1. The summed E-state index contributed by atoms with van der Waals surface area (Å²) in [5, 5.41) is 7.12. The van der Waals surface area contributed by atoms with E-state index in [1.165, 1.54) is 12.0 Å². The normalized spacial score (nSPS) is 15.6. The Hall–Kier alpha value is -1.71. The van der Waals surface area contributed by atoms with E-state index in [4.69, 9.17) is 23.2 Å². The molecule has 23 heavy (non-hydrogen) atoms. The van der Waals surface area contributed by atoms with Crippen LogP contribution in [0.3, 0.4) is 0 Å². The first kappa shape index (κ1) is 16.2. The first-order chi connectivity index (χ1) is 11.1. The van der Waals surface area contributed by atoms with Crippen molar-refractivity contribution in [3.8, 4) is 0 Å². The lowest BCUT2D eigenvalue weighted by atomic mass is 9.64. The van der Waals surface area contributed by atoms with E-state index in [-0.39, 0.29) is 11.4 Å². The number of urea groups is 1. The summed E-state index contributed by atoms with van der Waals surface area (Å²) < 4.78 is 0. The molecule has 1 fully saturated rings. The molecule has 1 aliphatic carbocycles. The Kier molecular flexibility index (Phi) is 4.79. The molecule has 0 radical (unpaired) electrons. The highest BCUT2D eigenvalue weighted by Gasteiger charge is 2.38. The van der Waals surface area contributed by atoms with Crippen molar-refractivity contribution in [1.29, 1.82) is 0 Å². The van der Waals surface area contributed by atoms with E-state index in [2.05, 4.69) is 22.8 Å². The van der Waals surface area contributed by atoms with Gasteiger partial charge in [0.15, 0.2) is 0 Å². The molecular weight excluding hydrogens is 331 g/mol. The number of hydrogen-bond acceptors (Lipinski definition) is 1. The topological polar surface area (TPSA) is 41.1 Å². The van der Waals surface area contributed by atoms with Crippen LogP contribution in [0.4, 0.5) is 10.5 Å². The van der Waals surface area contributed by atoms with Gasteiger partial charge in [0.05, 0.1) is 0 Å². The third-order valence-corrected chi connectivity index (χ3v) is 4.92. The van der Waals surface area contributed by atoms with Gasteiger partial charge in [-0.05, 0) is 48.7 Å². The van der Waals surface area contributed by atoms with Gasteiger partial charge in [0, 0.05) is 27.7 Å². The SMILES string of the molecule is O=C(NCC1(c2ccc(Cl)cc2)CCC1)Nc1cccc(Cl)c1. The first-order valence-electron chi connectivity index (χ1n) is 7.64. The van der Waals surface area contributed by atoms with Crippen molar-refractivity contribution in [3.05, 3.63) is 64.1 Å². The van der Waals surface area contributed by atoms with Gasteiger partial charge in [-0.2, -0.15) is 0 Å². The third-order valence-electron chi connectivity index (χ3n) is 4.44. The molecule has 3 rings (SSSR count). The highest BCUT2D eigenvalue weighted by molar-refractivity contribution is 6.31. The molecule has 0 saturated heterocycles. The van der Waals surface area contributed by atoms with Crippen LogP contribution in [0, 0.1) is 0 Å². The second kappa shape index (κ2) is 6.81. The summed E-state index contributed by atoms with van der Waals surface area (Å²) in [6.45, 7) is 0.612. The Bertz CT molecular complexity index is 696. The lowest BCUT2D eigenvalue weighted by Crippen LogP contribution is -2.46. The minimum absolute atomic E-state index is 0.0241. The van der Waals surface area contributed by atoms with Gasteiger partial charge in [-0.25, -0.2) is 4.79 Å². The third kappa shape index (κ3) is 3.80. The van der Waals surface area contributed by atoms with Gasteiger partial charge in [0.1, 0.15) is 0 Å². The fraction of sp³-hybridized carbons (Fsp3) is 0.278. The number of anilines is 1. The zero-order valence-corrected chi connectivity index (χ0v) is 14.1. The summed E-state index contributed by atoms with van der Waals surface area (Å²) in [4.78, 5) is 12.1. The zero-order valence-electron chi connectivity index (χ0n) is 12.6. The lowest BCUT2D eigenvalue weighted by Gasteiger charge is -2.42. The van der Waals surface area contributed by atoms with Crippen molar-refractivity contribution in [1.82, 2.24) is 5.32 Å². The van der Waals surface area contributed by atoms with E-state index in [9.17, 15) is 4.79 Å². The molecule has 3 nitrogen and oxygen atoms in total. The highest BCUT2D eigenvalue weighted by atomic mass is 35.5. The molecule has 0 spiro atoms. The smallest absolute Gasteiger partial charge is 0.319 e. The summed E-state index contributed by atoms with van der Waals surface area (Å²) in [7, 11) is 0. The van der Waals surface area contributed by atoms with Crippen molar-refractivity contribution in [3.63, 3.8) is 0 Å². The van der Waals surface area contributed by atoms with E-state index in [0.29, 0.717) is 17.3 Å². The molecule has 0 bridgehead atoms. The predicted octanol–water partition coefficient (Wildman–Crippen LogP) is 5.24. The Morgan fingerprint density at radius 1 is 1.04 bits per heavy atom. The summed E-state index contributed by atoms with van der Waals surface area (Å²) in [5.41, 5.74) is 1.94. The van der Waals surface area contributed by atoms with Crippen LogP contribution in [0.5, 0.6) is 0 Å². The van der Waals surface area contributed by atoms with Crippen LogP contribution in [0.15, 0.2) is 48.5 Å². The number of hydrogen-bond donors (Lipinski definition) is 2. The average Bonchev–Trinajstić information content (AvgIpc) is 2.48. The second-order valence-corrected chi connectivity index (χ2v) is 6.83. The van der Waals surface area contributed by atoms with Gasteiger partial charge in [-0.3, -0.25) is 0 Å². The van der Waals surface area contributed by atoms with Crippen LogP contribution >= 0.6 is 23.2 Å². The molecule has 0 unspecified atom stereocenters. The van der Waals surface area contributed by atoms with E-state index in [1.807, 2.05) is 18.2 Å². The predicted molar refractivity (Wildman–Crippen MR) is 95.5 cm³/mol. The van der Waals surface area contributed by atoms with E-state index >= 15 is 0 Å². The number of benzene rings is 2. The van der Waals surface area contributed by atoms with Gasteiger partial charge in [0.25, 0.3) is 0 Å². The second-order valence-electron chi connectivity index (χ2n) is 5.96.